The van der Waals surface area contributed by atoms with E-state index >= 15 is 0 Å². The lowest BCUT2D eigenvalue weighted by atomic mass is 10.3. The summed E-state index contributed by atoms with van der Waals surface area (Å²) in [6.07, 6.45) is -3.11. The number of alkyl halides is 3. The second-order valence-corrected chi connectivity index (χ2v) is 3.66. The van der Waals surface area contributed by atoms with Gasteiger partial charge in [-0.1, -0.05) is 11.6 Å². The smallest absolute Gasteiger partial charge is 0.241 e. The number of aromatic nitrogens is 2. The Morgan fingerprint density at radius 1 is 1.62 bits per heavy atom. The molecule has 0 saturated carbocycles. The second-order valence-electron chi connectivity index (χ2n) is 2.45. The van der Waals surface area contributed by atoms with Crippen LogP contribution in [0.2, 0.25) is 5.15 Å². The van der Waals surface area contributed by atoms with Gasteiger partial charge >= 0.3 is 6.18 Å². The van der Waals surface area contributed by atoms with Crippen LogP contribution in [0, 0.1) is 0 Å². The molecule has 0 aliphatic rings. The first-order valence-electron chi connectivity index (χ1n) is 3.29. The first kappa shape index (κ1) is 10.8. The molecular weight excluding hydrogens is 272 g/mol. The average Bonchev–Trinajstić information content (AvgIpc) is 2.30. The summed E-state index contributed by atoms with van der Waals surface area (Å²) in [5.41, 5.74) is 0. The fourth-order valence-corrected chi connectivity index (χ4v) is 1.25. The highest BCUT2D eigenvalue weighted by atomic mass is 79.9. The lowest BCUT2D eigenvalue weighted by Crippen LogP contribution is -2.24. The van der Waals surface area contributed by atoms with Crippen molar-refractivity contribution in [3.8, 4) is 0 Å². The summed E-state index contributed by atoms with van der Waals surface area (Å²) in [6, 6.07) is -1.72. The van der Waals surface area contributed by atoms with Crippen LogP contribution in [0.1, 0.15) is 13.0 Å². The number of hydrogen-bond acceptors (Lipinski definition) is 1. The molecular formula is C6H5BrClF3N2. The van der Waals surface area contributed by atoms with E-state index in [0.717, 1.165) is 6.92 Å². The number of rotatable bonds is 1. The molecule has 1 atom stereocenters. The molecule has 0 bridgehead atoms. The molecule has 0 aliphatic carbocycles. The van der Waals surface area contributed by atoms with Crippen molar-refractivity contribution in [3.63, 3.8) is 0 Å². The van der Waals surface area contributed by atoms with Crippen molar-refractivity contribution in [2.75, 3.05) is 0 Å². The van der Waals surface area contributed by atoms with Crippen LogP contribution in [0.4, 0.5) is 13.2 Å². The van der Waals surface area contributed by atoms with Crippen LogP contribution in [0.15, 0.2) is 10.7 Å². The van der Waals surface area contributed by atoms with Gasteiger partial charge in [0.15, 0.2) is 0 Å². The average molecular weight is 277 g/mol. The molecule has 13 heavy (non-hydrogen) atoms. The molecule has 2 nitrogen and oxygen atoms in total. The summed E-state index contributed by atoms with van der Waals surface area (Å²) in [5, 5.41) is 3.45. The third-order valence-corrected chi connectivity index (χ3v) is 2.72. The molecule has 74 valence electrons. The highest BCUT2D eigenvalue weighted by Crippen LogP contribution is 2.33. The van der Waals surface area contributed by atoms with E-state index in [2.05, 4.69) is 21.0 Å². The monoisotopic (exact) mass is 276 g/mol. The first-order valence-corrected chi connectivity index (χ1v) is 4.46. The summed E-state index contributed by atoms with van der Waals surface area (Å²) >= 11 is 8.53. The van der Waals surface area contributed by atoms with Crippen molar-refractivity contribution < 1.29 is 13.2 Å². The molecule has 1 aromatic rings. The molecule has 0 N–H and O–H groups in total. The minimum atomic E-state index is -4.34. The summed E-state index contributed by atoms with van der Waals surface area (Å²) < 4.78 is 37.6. The number of nitrogens with zero attached hydrogens (tertiary/aromatic N) is 2. The van der Waals surface area contributed by atoms with E-state index < -0.39 is 12.2 Å². The van der Waals surface area contributed by atoms with Gasteiger partial charge in [-0.15, -0.1) is 0 Å². The molecule has 1 rings (SSSR count). The van der Waals surface area contributed by atoms with Gasteiger partial charge < -0.3 is 0 Å². The van der Waals surface area contributed by atoms with Crippen LogP contribution in [0.3, 0.4) is 0 Å². The Bertz CT molecular complexity index is 309. The van der Waals surface area contributed by atoms with E-state index in [1.165, 1.54) is 6.20 Å². The van der Waals surface area contributed by atoms with Gasteiger partial charge in [0, 0.05) is 0 Å². The number of hydrogen-bond donors (Lipinski definition) is 0. The van der Waals surface area contributed by atoms with Gasteiger partial charge in [0.2, 0.25) is 0 Å². The maximum Gasteiger partial charge on any atom is 0.410 e. The Morgan fingerprint density at radius 2 is 2.15 bits per heavy atom. The number of halogens is 5. The Kier molecular flexibility index (Phi) is 2.91. The highest BCUT2D eigenvalue weighted by molar-refractivity contribution is 9.10. The molecule has 0 amide bonds. The van der Waals surface area contributed by atoms with Crippen molar-refractivity contribution in [2.45, 2.75) is 19.1 Å². The van der Waals surface area contributed by atoms with Gasteiger partial charge in [0.25, 0.3) is 0 Å². The molecule has 0 aliphatic heterocycles. The quantitative estimate of drug-likeness (QED) is 0.769. The van der Waals surface area contributed by atoms with Crippen LogP contribution >= 0.6 is 27.5 Å². The van der Waals surface area contributed by atoms with Gasteiger partial charge in [0.1, 0.15) is 11.2 Å². The zero-order chi connectivity index (χ0) is 10.2. The van der Waals surface area contributed by atoms with E-state index in [0.29, 0.717) is 9.15 Å². The van der Waals surface area contributed by atoms with Crippen molar-refractivity contribution in [2.24, 2.45) is 0 Å². The predicted octanol–water partition coefficient (Wildman–Crippen LogP) is 3.42. The van der Waals surface area contributed by atoms with Crippen LogP contribution in [-0.4, -0.2) is 16.0 Å². The van der Waals surface area contributed by atoms with Gasteiger partial charge in [0.05, 0.1) is 10.7 Å². The van der Waals surface area contributed by atoms with Crippen molar-refractivity contribution in [1.29, 1.82) is 0 Å². The molecule has 1 heterocycles. The Morgan fingerprint density at radius 3 is 2.46 bits per heavy atom. The topological polar surface area (TPSA) is 17.8 Å². The summed E-state index contributed by atoms with van der Waals surface area (Å²) in [5.74, 6) is 0. The minimum Gasteiger partial charge on any atom is -0.241 e. The van der Waals surface area contributed by atoms with E-state index in [9.17, 15) is 13.2 Å². The molecule has 0 spiro atoms. The predicted molar refractivity (Wildman–Crippen MR) is 45.7 cm³/mol. The van der Waals surface area contributed by atoms with Crippen molar-refractivity contribution >= 4 is 27.5 Å². The summed E-state index contributed by atoms with van der Waals surface area (Å²) in [7, 11) is 0. The Labute approximate surface area is 85.8 Å². The first-order chi connectivity index (χ1) is 5.84. The Hall–Kier alpha value is -0.230. The fourth-order valence-electron chi connectivity index (χ4n) is 0.735. The van der Waals surface area contributed by atoms with Crippen LogP contribution in [-0.2, 0) is 0 Å². The SMILES string of the molecule is CC(n1ncc(Br)c1Cl)C(F)(F)F. The molecule has 1 aromatic heterocycles. The van der Waals surface area contributed by atoms with E-state index in [4.69, 9.17) is 11.6 Å². The van der Waals surface area contributed by atoms with E-state index in [1.54, 1.807) is 0 Å². The largest absolute Gasteiger partial charge is 0.410 e. The normalized spacial score (nSPS) is 14.6. The minimum absolute atomic E-state index is 0.0511. The molecule has 0 radical (unpaired) electrons. The van der Waals surface area contributed by atoms with Crippen LogP contribution < -0.4 is 0 Å². The summed E-state index contributed by atoms with van der Waals surface area (Å²) in [6.45, 7) is 0.991. The third-order valence-electron chi connectivity index (χ3n) is 1.53. The third kappa shape index (κ3) is 2.17. The zero-order valence-electron chi connectivity index (χ0n) is 6.44. The van der Waals surface area contributed by atoms with E-state index in [-0.39, 0.29) is 5.15 Å². The lowest BCUT2D eigenvalue weighted by Gasteiger charge is -2.16. The highest BCUT2D eigenvalue weighted by Gasteiger charge is 2.39. The van der Waals surface area contributed by atoms with Gasteiger partial charge in [-0.25, -0.2) is 4.68 Å². The van der Waals surface area contributed by atoms with Crippen molar-refractivity contribution in [1.82, 2.24) is 9.78 Å². The van der Waals surface area contributed by atoms with Crippen LogP contribution in [0.25, 0.3) is 0 Å². The fraction of sp³-hybridized carbons (Fsp3) is 0.500. The van der Waals surface area contributed by atoms with Crippen molar-refractivity contribution in [3.05, 3.63) is 15.8 Å². The van der Waals surface area contributed by atoms with Gasteiger partial charge in [-0.05, 0) is 22.9 Å². The van der Waals surface area contributed by atoms with Gasteiger partial charge in [-0.3, -0.25) is 0 Å². The standard InChI is InChI=1S/C6H5BrClF3N2/c1-3(6(9,10)11)13-5(8)4(7)2-12-13/h2-3H,1H3. The Balaban J connectivity index is 3.02. The lowest BCUT2D eigenvalue weighted by molar-refractivity contribution is -0.165. The molecule has 0 saturated heterocycles. The summed E-state index contributed by atoms with van der Waals surface area (Å²) in [4.78, 5) is 0. The maximum absolute atomic E-state index is 12.2. The molecule has 7 heteroatoms. The van der Waals surface area contributed by atoms with E-state index in [1.807, 2.05) is 0 Å². The van der Waals surface area contributed by atoms with Crippen LogP contribution in [0.5, 0.6) is 0 Å². The molecule has 1 unspecified atom stereocenters. The van der Waals surface area contributed by atoms with Gasteiger partial charge in [-0.2, -0.15) is 18.3 Å². The zero-order valence-corrected chi connectivity index (χ0v) is 8.78. The molecule has 0 fully saturated rings. The maximum atomic E-state index is 12.2. The molecule has 0 aromatic carbocycles. The second kappa shape index (κ2) is 3.49.